The molecule has 0 aliphatic carbocycles. The van der Waals surface area contributed by atoms with Gasteiger partial charge in [-0.3, -0.25) is 20.0 Å². The lowest BCUT2D eigenvalue weighted by molar-refractivity contribution is -0.135. The zero-order chi connectivity index (χ0) is 42.0. The summed E-state index contributed by atoms with van der Waals surface area (Å²) in [6, 6.07) is 18.9. The van der Waals surface area contributed by atoms with E-state index in [1.165, 1.54) is 19.2 Å². The molecule has 14 heteroatoms. The van der Waals surface area contributed by atoms with E-state index in [2.05, 4.69) is 68.5 Å². The highest BCUT2D eigenvalue weighted by molar-refractivity contribution is 5.94. The molecule has 3 atom stereocenters. The minimum Gasteiger partial charge on any atom is -0.453 e. The predicted octanol–water partition coefficient (Wildman–Crippen LogP) is 7.31. The van der Waals surface area contributed by atoms with E-state index < -0.39 is 24.3 Å². The molecule has 14 nitrogen and oxygen atoms in total. The predicted molar refractivity (Wildman–Crippen MR) is 224 cm³/mol. The second-order valence-electron chi connectivity index (χ2n) is 14.5. The molecule has 0 fully saturated rings. The molecular formula is C43H56N8O6. The molecular weight excluding hydrogens is 725 g/mol. The minimum atomic E-state index is -0.771. The van der Waals surface area contributed by atoms with Crippen LogP contribution >= 0.6 is 0 Å². The monoisotopic (exact) mass is 780 g/mol. The number of carbonyl (C=O) groups excluding carboxylic acids is 4. The van der Waals surface area contributed by atoms with Gasteiger partial charge >= 0.3 is 12.2 Å². The maximum Gasteiger partial charge on any atom is 0.407 e. The highest BCUT2D eigenvalue weighted by Gasteiger charge is 2.31. The Kier molecular flexibility index (Phi) is 15.0. The summed E-state index contributed by atoms with van der Waals surface area (Å²) >= 11 is 0. The highest BCUT2D eigenvalue weighted by atomic mass is 16.5. The minimum absolute atomic E-state index is 0.137. The number of hydrogen-bond acceptors (Lipinski definition) is 8. The van der Waals surface area contributed by atoms with E-state index in [0.717, 1.165) is 44.4 Å². The number of aromatic nitrogens is 2. The fraction of sp³-hybridized carbons (Fsp3) is 0.395. The standard InChI is InChI=1S/C43H56N8O6/c1-12-34(45-36(13-2)49-51(9)41(53)38(26(5)6)48-43(55)57-11)33-21-20-31-22-30(18-19-32(31)23-33)28-14-16-29(17-15-28)35-24-44-39(46-35)27(7)50(8)40(52)37(25(3)4)47-42(54)56-10/h12,14-27,37-38H,13H2,1-11H3,(H,44,46)(H,45,49)(H,47,54)(H,48,55)/b34-12-/t27-,37-,38-/m0/s1. The van der Waals surface area contributed by atoms with Crippen LogP contribution in [0.1, 0.15) is 72.3 Å². The molecule has 4 amide bonds. The number of nitrogens with zero attached hydrogens (tertiary/aromatic N) is 4. The largest absolute Gasteiger partial charge is 0.453 e. The quantitative estimate of drug-likeness (QED) is 0.0622. The third-order valence-electron chi connectivity index (χ3n) is 9.86. The number of alkyl carbamates (subject to hydrolysis) is 2. The van der Waals surface area contributed by atoms with E-state index in [1.54, 1.807) is 25.2 Å². The smallest absolute Gasteiger partial charge is 0.407 e. The van der Waals surface area contributed by atoms with Crippen LogP contribution in [0.5, 0.6) is 0 Å². The molecule has 0 radical (unpaired) electrons. The van der Waals surface area contributed by atoms with Crippen molar-refractivity contribution in [3.63, 3.8) is 0 Å². The summed E-state index contributed by atoms with van der Waals surface area (Å²) in [5.74, 6) is 0.363. The SMILES string of the molecule is C/C=C(\N=C(CC)NN(C)C(=O)[C@@H](NC(=O)OC)C(C)C)c1ccc2cc(-c3ccc(-c4cnc([C@H](C)N(C)C(=O)[C@@H](NC(=O)OC)C(C)C)[nH]4)cc3)ccc2c1. The maximum absolute atomic E-state index is 13.3. The van der Waals surface area contributed by atoms with Gasteiger partial charge in [-0.05, 0) is 65.3 Å². The number of carbonyl (C=O) groups is 4. The van der Waals surface area contributed by atoms with Crippen molar-refractivity contribution in [2.24, 2.45) is 16.8 Å². The molecule has 0 bridgehead atoms. The van der Waals surface area contributed by atoms with Crippen LogP contribution in [0.25, 0.3) is 38.9 Å². The van der Waals surface area contributed by atoms with Crippen molar-refractivity contribution in [1.82, 2.24) is 35.9 Å². The lowest BCUT2D eigenvalue weighted by Gasteiger charge is -2.30. The number of H-pyrrole nitrogens is 1. The van der Waals surface area contributed by atoms with Crippen molar-refractivity contribution in [3.05, 3.63) is 84.3 Å². The van der Waals surface area contributed by atoms with Crippen molar-refractivity contribution >= 4 is 46.3 Å². The third kappa shape index (κ3) is 10.8. The van der Waals surface area contributed by atoms with Gasteiger partial charge < -0.3 is 30.0 Å². The molecule has 1 aromatic heterocycles. The summed E-state index contributed by atoms with van der Waals surface area (Å²) in [7, 11) is 5.83. The van der Waals surface area contributed by atoms with Crippen LogP contribution in [-0.4, -0.2) is 90.1 Å². The van der Waals surface area contributed by atoms with Crippen LogP contribution in [-0.2, 0) is 19.1 Å². The van der Waals surface area contributed by atoms with Gasteiger partial charge in [0, 0.05) is 26.1 Å². The van der Waals surface area contributed by atoms with E-state index in [4.69, 9.17) is 14.5 Å². The van der Waals surface area contributed by atoms with E-state index >= 15 is 0 Å². The van der Waals surface area contributed by atoms with Crippen LogP contribution in [0.4, 0.5) is 9.59 Å². The number of imidazole rings is 1. The number of allylic oxidation sites excluding steroid dienone is 1. The van der Waals surface area contributed by atoms with Crippen molar-refractivity contribution in [1.29, 1.82) is 0 Å². The molecule has 4 aromatic rings. The van der Waals surface area contributed by atoms with Crippen LogP contribution in [0.15, 0.2) is 77.9 Å². The summed E-state index contributed by atoms with van der Waals surface area (Å²) in [4.78, 5) is 64.5. The van der Waals surface area contributed by atoms with Crippen molar-refractivity contribution in [2.45, 2.75) is 73.0 Å². The molecule has 4 N–H and O–H groups in total. The van der Waals surface area contributed by atoms with Crippen LogP contribution in [0.3, 0.4) is 0 Å². The Labute approximate surface area is 335 Å². The molecule has 1 heterocycles. The summed E-state index contributed by atoms with van der Waals surface area (Å²) in [5, 5.41) is 8.72. The first-order valence-corrected chi connectivity index (χ1v) is 19.1. The average Bonchev–Trinajstić information content (AvgIpc) is 3.72. The number of ether oxygens (including phenoxy) is 2. The van der Waals surface area contributed by atoms with Gasteiger partial charge in [0.15, 0.2) is 0 Å². The molecule has 0 saturated carbocycles. The zero-order valence-electron chi connectivity index (χ0n) is 34.8. The van der Waals surface area contributed by atoms with E-state index in [0.29, 0.717) is 18.1 Å². The summed E-state index contributed by atoms with van der Waals surface area (Å²) in [6.07, 6.45) is 2.90. The molecule has 0 unspecified atom stereocenters. The molecule has 0 aliphatic heterocycles. The normalized spacial score (nSPS) is 13.5. The Morgan fingerprint density at radius 1 is 0.789 bits per heavy atom. The van der Waals surface area contributed by atoms with Crippen molar-refractivity contribution < 1.29 is 28.7 Å². The Balaban J connectivity index is 1.47. The van der Waals surface area contributed by atoms with Crippen LogP contribution in [0, 0.1) is 11.8 Å². The van der Waals surface area contributed by atoms with Crippen molar-refractivity contribution in [2.75, 3.05) is 28.3 Å². The number of nitrogens with one attached hydrogen (secondary N) is 4. The molecule has 0 saturated heterocycles. The fourth-order valence-electron chi connectivity index (χ4n) is 6.20. The number of hydrazine groups is 1. The molecule has 0 spiro atoms. The van der Waals surface area contributed by atoms with Crippen molar-refractivity contribution in [3.8, 4) is 22.4 Å². The first-order valence-electron chi connectivity index (χ1n) is 19.1. The number of rotatable bonds is 13. The molecule has 304 valence electrons. The Hall–Kier alpha value is -6.18. The van der Waals surface area contributed by atoms with Gasteiger partial charge in [-0.1, -0.05) is 89.2 Å². The summed E-state index contributed by atoms with van der Waals surface area (Å²) < 4.78 is 9.41. The van der Waals surface area contributed by atoms with E-state index in [9.17, 15) is 19.2 Å². The number of fused-ring (bicyclic) bond motifs is 1. The topological polar surface area (TPSA) is 170 Å². The third-order valence-corrected chi connectivity index (χ3v) is 9.86. The molecule has 3 aromatic carbocycles. The van der Waals surface area contributed by atoms with E-state index in [1.807, 2.05) is 72.7 Å². The van der Waals surface area contributed by atoms with Gasteiger partial charge in [-0.15, -0.1) is 0 Å². The Morgan fingerprint density at radius 2 is 1.33 bits per heavy atom. The van der Waals surface area contributed by atoms with Gasteiger partial charge in [0.05, 0.1) is 37.8 Å². The number of aliphatic imine (C=N–C) groups is 1. The molecule has 57 heavy (non-hydrogen) atoms. The maximum atomic E-state index is 13.3. The van der Waals surface area contributed by atoms with Crippen LogP contribution in [0.2, 0.25) is 0 Å². The van der Waals surface area contributed by atoms with Crippen LogP contribution < -0.4 is 16.1 Å². The Bertz CT molecular complexity index is 2110. The number of benzene rings is 3. The number of aromatic amines is 1. The number of amides is 4. The first kappa shape index (κ1) is 43.5. The molecule has 4 rings (SSSR count). The second-order valence-corrected chi connectivity index (χ2v) is 14.5. The number of amidine groups is 1. The second kappa shape index (κ2) is 19.6. The number of likely N-dealkylation sites (N-methyl/N-ethyl adjacent to an activating group) is 2. The first-order chi connectivity index (χ1) is 27.1. The Morgan fingerprint density at radius 3 is 1.89 bits per heavy atom. The number of methoxy groups -OCH3 is 2. The van der Waals surface area contributed by atoms with Gasteiger partial charge in [0.1, 0.15) is 23.7 Å². The molecule has 0 aliphatic rings. The van der Waals surface area contributed by atoms with Gasteiger partial charge in [0.25, 0.3) is 5.91 Å². The zero-order valence-corrected chi connectivity index (χ0v) is 34.8. The van der Waals surface area contributed by atoms with Gasteiger partial charge in [0.2, 0.25) is 5.91 Å². The average molecular weight is 781 g/mol. The van der Waals surface area contributed by atoms with Gasteiger partial charge in [-0.2, -0.15) is 0 Å². The summed E-state index contributed by atoms with van der Waals surface area (Å²) in [5.41, 5.74) is 8.67. The lowest BCUT2D eigenvalue weighted by Crippen LogP contribution is -2.54. The van der Waals surface area contributed by atoms with Gasteiger partial charge in [-0.25, -0.2) is 19.6 Å². The number of hydrogen-bond donors (Lipinski definition) is 4. The fourth-order valence-corrected chi connectivity index (χ4v) is 6.20. The lowest BCUT2D eigenvalue weighted by atomic mass is 9.98. The van der Waals surface area contributed by atoms with E-state index in [-0.39, 0.29) is 29.7 Å². The summed E-state index contributed by atoms with van der Waals surface area (Å²) in [6.45, 7) is 13.2. The highest BCUT2D eigenvalue weighted by Crippen LogP contribution is 2.30.